The minimum atomic E-state index is -0.641. The summed E-state index contributed by atoms with van der Waals surface area (Å²) in [5.74, 6) is 0.863. The van der Waals surface area contributed by atoms with Crippen LogP contribution in [-0.4, -0.2) is 17.6 Å². The first-order valence-electron chi connectivity index (χ1n) is 15.2. The number of carbonyl (C=O) groups excluding carboxylic acids is 1. The number of allylic oxidation sites excluding steroid dienone is 1. The summed E-state index contributed by atoms with van der Waals surface area (Å²) in [5, 5.41) is 5.29. The van der Waals surface area contributed by atoms with Crippen LogP contribution in [0.3, 0.4) is 0 Å². The fraction of sp³-hybridized carbons (Fsp3) is 0.103. The van der Waals surface area contributed by atoms with E-state index < -0.39 is 6.04 Å². The Bertz CT molecular complexity index is 2320. The number of fused-ring (bicyclic) bond motifs is 2. The highest BCUT2D eigenvalue weighted by molar-refractivity contribution is 7.07. The monoisotopic (exact) mass is 637 g/mol. The van der Waals surface area contributed by atoms with E-state index in [1.165, 1.54) is 11.3 Å². The highest BCUT2D eigenvalue weighted by Crippen LogP contribution is 2.32. The molecule has 0 radical (unpaired) electrons. The van der Waals surface area contributed by atoms with Crippen molar-refractivity contribution in [3.63, 3.8) is 0 Å². The number of benzene rings is 5. The van der Waals surface area contributed by atoms with E-state index in [1.54, 1.807) is 11.7 Å². The topological polar surface area (TPSA) is 81.9 Å². The molecular weight excluding hydrogens is 607 g/mol. The maximum atomic E-state index is 14.1. The molecule has 47 heavy (non-hydrogen) atoms. The maximum absolute atomic E-state index is 14.1. The van der Waals surface area contributed by atoms with Crippen molar-refractivity contribution in [1.29, 1.82) is 0 Å². The standard InChI is InChI=1S/C39H31N3O4S/c1-25-35(37(43)41-30-17-7-4-8-18-30)36(28-13-5-3-6-14-28)42-38(44)34(47-39(42)40-25)23-26-20-21-32(33(22-26)45-2)46-24-29-16-11-15-27-12-9-10-19-31(27)29/h3-23,36H,24H2,1-2H3,(H,41,43)/b34-23-/t36-/m1/s1. The SMILES string of the molecule is COc1cc(/C=c2\sc3n(c2=O)[C@H](c2ccccc2)C(C(=O)Nc2ccccc2)=C(C)N=3)ccc1OCc1cccc2ccccc12. The first-order valence-corrected chi connectivity index (χ1v) is 16.0. The van der Waals surface area contributed by atoms with Gasteiger partial charge in [-0.25, -0.2) is 4.99 Å². The van der Waals surface area contributed by atoms with E-state index in [9.17, 15) is 9.59 Å². The lowest BCUT2D eigenvalue weighted by Crippen LogP contribution is -2.40. The van der Waals surface area contributed by atoms with Gasteiger partial charge in [0, 0.05) is 5.69 Å². The Morgan fingerprint density at radius 2 is 1.62 bits per heavy atom. The average Bonchev–Trinajstić information content (AvgIpc) is 3.41. The number of nitrogens with zero attached hydrogens (tertiary/aromatic N) is 2. The molecule has 0 spiro atoms. The summed E-state index contributed by atoms with van der Waals surface area (Å²) in [7, 11) is 1.60. The second kappa shape index (κ2) is 12.9. The van der Waals surface area contributed by atoms with Gasteiger partial charge in [0.05, 0.1) is 29.0 Å². The van der Waals surface area contributed by atoms with Crippen LogP contribution in [0.1, 0.15) is 29.7 Å². The first kappa shape index (κ1) is 30.0. The van der Waals surface area contributed by atoms with Crippen LogP contribution in [0, 0.1) is 0 Å². The lowest BCUT2D eigenvalue weighted by Gasteiger charge is -2.25. The van der Waals surface area contributed by atoms with E-state index in [0.717, 1.165) is 27.5 Å². The first-order chi connectivity index (χ1) is 23.0. The molecule has 0 bridgehead atoms. The molecular formula is C39H31N3O4S. The van der Waals surface area contributed by atoms with Crippen LogP contribution in [-0.2, 0) is 11.4 Å². The smallest absolute Gasteiger partial charge is 0.271 e. The number of hydrogen-bond donors (Lipinski definition) is 1. The molecule has 5 aromatic carbocycles. The fourth-order valence-corrected chi connectivity index (χ4v) is 6.95. The zero-order valence-electron chi connectivity index (χ0n) is 25.8. The van der Waals surface area contributed by atoms with Gasteiger partial charge in [-0.15, -0.1) is 0 Å². The van der Waals surface area contributed by atoms with Crippen LogP contribution in [0.15, 0.2) is 142 Å². The molecule has 1 aliphatic heterocycles. The van der Waals surface area contributed by atoms with Gasteiger partial charge in [0.15, 0.2) is 16.3 Å². The Balaban J connectivity index is 1.23. The molecule has 1 N–H and O–H groups in total. The quantitative estimate of drug-likeness (QED) is 0.204. The Morgan fingerprint density at radius 1 is 0.894 bits per heavy atom. The third-order valence-corrected chi connectivity index (χ3v) is 9.14. The summed E-state index contributed by atoms with van der Waals surface area (Å²) in [6.07, 6.45) is 1.83. The third kappa shape index (κ3) is 5.98. The molecule has 0 fully saturated rings. The van der Waals surface area contributed by atoms with Crippen LogP contribution in [0.5, 0.6) is 11.5 Å². The van der Waals surface area contributed by atoms with Crippen LogP contribution < -0.4 is 29.7 Å². The normalized spacial score (nSPS) is 14.4. The number of ether oxygens (including phenoxy) is 2. The van der Waals surface area contributed by atoms with E-state index in [-0.39, 0.29) is 11.5 Å². The summed E-state index contributed by atoms with van der Waals surface area (Å²) in [6.45, 7) is 2.20. The molecule has 2 heterocycles. The van der Waals surface area contributed by atoms with Gasteiger partial charge in [0.2, 0.25) is 0 Å². The van der Waals surface area contributed by atoms with Gasteiger partial charge in [-0.05, 0) is 64.7 Å². The fourth-order valence-electron chi connectivity index (χ4n) is 5.90. The molecule has 1 aromatic heterocycles. The zero-order chi connectivity index (χ0) is 32.3. The number of aromatic nitrogens is 1. The molecule has 0 aliphatic carbocycles. The molecule has 0 saturated heterocycles. The molecule has 1 atom stereocenters. The molecule has 0 unspecified atom stereocenters. The number of para-hydroxylation sites is 1. The van der Waals surface area contributed by atoms with Crippen LogP contribution in [0.2, 0.25) is 0 Å². The Morgan fingerprint density at radius 3 is 2.40 bits per heavy atom. The van der Waals surface area contributed by atoms with Gasteiger partial charge >= 0.3 is 0 Å². The van der Waals surface area contributed by atoms with Crippen molar-refractivity contribution in [2.45, 2.75) is 19.6 Å². The lowest BCUT2D eigenvalue weighted by atomic mass is 9.95. The van der Waals surface area contributed by atoms with Crippen LogP contribution in [0.25, 0.3) is 16.8 Å². The van der Waals surface area contributed by atoms with Crippen molar-refractivity contribution in [2.24, 2.45) is 4.99 Å². The van der Waals surface area contributed by atoms with Crippen molar-refractivity contribution in [3.05, 3.63) is 169 Å². The van der Waals surface area contributed by atoms with E-state index >= 15 is 0 Å². The van der Waals surface area contributed by atoms with Gasteiger partial charge in [-0.3, -0.25) is 14.2 Å². The number of nitrogens with one attached hydrogen (secondary N) is 1. The van der Waals surface area contributed by atoms with Gasteiger partial charge in [-0.1, -0.05) is 108 Å². The predicted octanol–water partition coefficient (Wildman–Crippen LogP) is 6.61. The average molecular weight is 638 g/mol. The molecule has 7 nitrogen and oxygen atoms in total. The molecule has 232 valence electrons. The highest BCUT2D eigenvalue weighted by Gasteiger charge is 2.32. The summed E-state index contributed by atoms with van der Waals surface area (Å²) in [5.41, 5.74) is 4.11. The number of thiazole rings is 1. The molecule has 8 heteroatoms. The van der Waals surface area contributed by atoms with Gasteiger partial charge in [-0.2, -0.15) is 0 Å². The molecule has 1 aliphatic rings. The Hall–Kier alpha value is -5.73. The highest BCUT2D eigenvalue weighted by atomic mass is 32.1. The second-order valence-corrected chi connectivity index (χ2v) is 12.2. The number of hydrogen-bond acceptors (Lipinski definition) is 6. The van der Waals surface area contributed by atoms with Crippen molar-refractivity contribution in [3.8, 4) is 11.5 Å². The third-order valence-electron chi connectivity index (χ3n) is 8.16. The number of rotatable bonds is 8. The lowest BCUT2D eigenvalue weighted by molar-refractivity contribution is -0.113. The van der Waals surface area contributed by atoms with Gasteiger partial charge in [0.1, 0.15) is 6.61 Å². The van der Waals surface area contributed by atoms with Crippen molar-refractivity contribution < 1.29 is 14.3 Å². The van der Waals surface area contributed by atoms with Crippen molar-refractivity contribution in [1.82, 2.24) is 4.57 Å². The summed E-state index contributed by atoms with van der Waals surface area (Å²) >= 11 is 1.29. The number of anilines is 1. The van der Waals surface area contributed by atoms with Gasteiger partial charge in [0.25, 0.3) is 11.5 Å². The molecule has 1 amide bonds. The Kier molecular flexibility index (Phi) is 8.25. The van der Waals surface area contributed by atoms with Crippen molar-refractivity contribution >= 4 is 39.8 Å². The van der Waals surface area contributed by atoms with E-state index in [1.807, 2.05) is 110 Å². The Labute approximate surface area is 275 Å². The largest absolute Gasteiger partial charge is 0.493 e. The summed E-state index contributed by atoms with van der Waals surface area (Å²) in [6, 6.07) is 38.2. The minimum absolute atomic E-state index is 0.227. The molecule has 7 rings (SSSR count). The number of carbonyl (C=O) groups is 1. The predicted molar refractivity (Wildman–Crippen MR) is 187 cm³/mol. The van der Waals surface area contributed by atoms with Crippen molar-refractivity contribution in [2.75, 3.05) is 12.4 Å². The molecule has 0 saturated carbocycles. The summed E-state index contributed by atoms with van der Waals surface area (Å²) in [4.78, 5) is 33.1. The van der Waals surface area contributed by atoms with E-state index in [2.05, 4.69) is 29.6 Å². The second-order valence-electron chi connectivity index (χ2n) is 11.1. The number of methoxy groups -OCH3 is 1. The summed E-state index contributed by atoms with van der Waals surface area (Å²) < 4.78 is 14.0. The van der Waals surface area contributed by atoms with Crippen LogP contribution >= 0.6 is 11.3 Å². The van der Waals surface area contributed by atoms with Gasteiger partial charge < -0.3 is 14.8 Å². The maximum Gasteiger partial charge on any atom is 0.271 e. The zero-order valence-corrected chi connectivity index (χ0v) is 26.7. The van der Waals surface area contributed by atoms with Crippen LogP contribution in [0.4, 0.5) is 5.69 Å². The van der Waals surface area contributed by atoms with E-state index in [0.29, 0.717) is 44.4 Å². The number of amides is 1. The van der Waals surface area contributed by atoms with E-state index in [4.69, 9.17) is 14.5 Å². The minimum Gasteiger partial charge on any atom is -0.493 e. The molecule has 6 aromatic rings.